The van der Waals surface area contributed by atoms with Crippen LogP contribution in [0.5, 0.6) is 0 Å². The van der Waals surface area contributed by atoms with Crippen molar-refractivity contribution in [2.45, 2.75) is 0 Å². The van der Waals surface area contributed by atoms with E-state index in [1.807, 2.05) is 54.6 Å². The Morgan fingerprint density at radius 3 is 2.28 bits per heavy atom. The molecule has 0 atom stereocenters. The molecule has 2 heterocycles. The number of anilines is 2. The number of halogens is 2. The molecule has 140 valence electrons. The molecule has 0 aliphatic heterocycles. The van der Waals surface area contributed by atoms with Crippen molar-refractivity contribution in [3.05, 3.63) is 90.6 Å². The topological polar surface area (TPSA) is 50.7 Å². The monoisotopic (exact) mass is 384 g/mol. The number of fused-ring (bicyclic) bond motifs is 2. The van der Waals surface area contributed by atoms with Crippen molar-refractivity contribution in [1.29, 1.82) is 0 Å². The average Bonchev–Trinajstić information content (AvgIpc) is 2.76. The highest BCUT2D eigenvalue weighted by Crippen LogP contribution is 2.30. The van der Waals surface area contributed by atoms with Crippen LogP contribution in [0.1, 0.15) is 0 Å². The number of nitrogens with one attached hydrogen (secondary N) is 1. The van der Waals surface area contributed by atoms with Gasteiger partial charge in [-0.3, -0.25) is 4.98 Å². The first-order valence-corrected chi connectivity index (χ1v) is 9.02. The molecule has 0 fully saturated rings. The first-order chi connectivity index (χ1) is 14.2. The minimum Gasteiger partial charge on any atom is -0.340 e. The van der Waals surface area contributed by atoms with Crippen LogP contribution in [0.15, 0.2) is 79.0 Å². The van der Waals surface area contributed by atoms with Crippen LogP contribution >= 0.6 is 0 Å². The molecular weight excluding hydrogens is 370 g/mol. The maximum atomic E-state index is 13.7. The summed E-state index contributed by atoms with van der Waals surface area (Å²) < 4.78 is 26.9. The fraction of sp³-hybridized carbons (Fsp3) is 0. The molecule has 0 saturated carbocycles. The molecule has 0 aliphatic rings. The SMILES string of the molecule is Fc1ccc(Nc2nc(-c3ccnc4ccccc34)nc3ccccc23)cc1F. The zero-order chi connectivity index (χ0) is 19.8. The summed E-state index contributed by atoms with van der Waals surface area (Å²) in [4.78, 5) is 13.8. The number of pyridine rings is 1. The maximum Gasteiger partial charge on any atom is 0.162 e. The van der Waals surface area contributed by atoms with Crippen molar-refractivity contribution >= 4 is 33.3 Å². The number of para-hydroxylation sites is 2. The Morgan fingerprint density at radius 2 is 1.45 bits per heavy atom. The lowest BCUT2D eigenvalue weighted by Crippen LogP contribution is -2.00. The lowest BCUT2D eigenvalue weighted by molar-refractivity contribution is 0.509. The van der Waals surface area contributed by atoms with E-state index in [9.17, 15) is 8.78 Å². The number of benzene rings is 3. The minimum absolute atomic E-state index is 0.401. The predicted octanol–water partition coefficient (Wildman–Crippen LogP) is 5.87. The second-order valence-corrected chi connectivity index (χ2v) is 6.54. The molecule has 1 N–H and O–H groups in total. The Kier molecular flexibility index (Phi) is 4.09. The summed E-state index contributed by atoms with van der Waals surface area (Å²) in [6, 6.07) is 20.8. The van der Waals surface area contributed by atoms with Gasteiger partial charge >= 0.3 is 0 Å². The zero-order valence-corrected chi connectivity index (χ0v) is 15.1. The maximum absolute atomic E-state index is 13.7. The Balaban J connectivity index is 1.70. The minimum atomic E-state index is -0.922. The molecule has 0 unspecified atom stereocenters. The van der Waals surface area contributed by atoms with Crippen LogP contribution in [0.2, 0.25) is 0 Å². The number of nitrogens with zero attached hydrogens (tertiary/aromatic N) is 3. The summed E-state index contributed by atoms with van der Waals surface area (Å²) in [5.74, 6) is -0.786. The third kappa shape index (κ3) is 3.14. The summed E-state index contributed by atoms with van der Waals surface area (Å²) in [7, 11) is 0. The van der Waals surface area contributed by atoms with Crippen molar-refractivity contribution in [1.82, 2.24) is 15.0 Å². The van der Waals surface area contributed by atoms with Crippen molar-refractivity contribution in [3.63, 3.8) is 0 Å². The molecule has 3 aromatic carbocycles. The molecule has 0 bridgehead atoms. The van der Waals surface area contributed by atoms with Crippen LogP contribution < -0.4 is 5.32 Å². The Labute approximate surface area is 164 Å². The zero-order valence-electron chi connectivity index (χ0n) is 15.1. The van der Waals surface area contributed by atoms with Gasteiger partial charge in [-0.2, -0.15) is 0 Å². The van der Waals surface area contributed by atoms with E-state index >= 15 is 0 Å². The van der Waals surface area contributed by atoms with E-state index < -0.39 is 11.6 Å². The van der Waals surface area contributed by atoms with Gasteiger partial charge in [0.2, 0.25) is 0 Å². The van der Waals surface area contributed by atoms with Gasteiger partial charge in [0.15, 0.2) is 17.5 Å². The number of rotatable bonds is 3. The fourth-order valence-electron chi connectivity index (χ4n) is 3.29. The summed E-state index contributed by atoms with van der Waals surface area (Å²) in [5, 5.41) is 4.81. The van der Waals surface area contributed by atoms with Gasteiger partial charge in [-0.15, -0.1) is 0 Å². The van der Waals surface area contributed by atoms with Gasteiger partial charge in [0.25, 0.3) is 0 Å². The van der Waals surface area contributed by atoms with Crippen molar-refractivity contribution in [2.75, 3.05) is 5.32 Å². The predicted molar refractivity (Wildman–Crippen MR) is 110 cm³/mol. The van der Waals surface area contributed by atoms with E-state index in [-0.39, 0.29) is 0 Å². The van der Waals surface area contributed by atoms with Crippen LogP contribution in [0.25, 0.3) is 33.2 Å². The largest absolute Gasteiger partial charge is 0.340 e. The highest BCUT2D eigenvalue weighted by Gasteiger charge is 2.13. The third-order valence-corrected chi connectivity index (χ3v) is 4.68. The highest BCUT2D eigenvalue weighted by molar-refractivity contribution is 5.96. The average molecular weight is 384 g/mol. The van der Waals surface area contributed by atoms with Crippen LogP contribution in [-0.2, 0) is 0 Å². The molecule has 0 amide bonds. The molecule has 5 rings (SSSR count). The molecular formula is C23H14F2N4. The molecule has 2 aromatic heterocycles. The van der Waals surface area contributed by atoms with Crippen LogP contribution in [-0.4, -0.2) is 15.0 Å². The summed E-state index contributed by atoms with van der Waals surface area (Å²) in [5.41, 5.74) is 2.83. The number of aromatic nitrogens is 3. The van der Waals surface area contributed by atoms with Crippen molar-refractivity contribution in [3.8, 4) is 11.4 Å². The standard InChI is InChI=1S/C23H14F2N4/c24-18-10-9-14(13-19(18)25)27-23-17-6-2-4-8-21(17)28-22(29-23)16-11-12-26-20-7-3-1-5-15(16)20/h1-13H,(H,27,28,29). The summed E-state index contributed by atoms with van der Waals surface area (Å²) >= 11 is 0. The van der Waals surface area contributed by atoms with E-state index in [0.29, 0.717) is 17.3 Å². The van der Waals surface area contributed by atoms with Gasteiger partial charge in [0, 0.05) is 34.3 Å². The molecule has 29 heavy (non-hydrogen) atoms. The number of hydrogen-bond acceptors (Lipinski definition) is 4. The van der Waals surface area contributed by atoms with E-state index in [2.05, 4.69) is 10.3 Å². The van der Waals surface area contributed by atoms with E-state index in [4.69, 9.17) is 9.97 Å². The molecule has 0 saturated heterocycles. The van der Waals surface area contributed by atoms with Gasteiger partial charge in [-0.1, -0.05) is 30.3 Å². The second kappa shape index (κ2) is 6.91. The molecule has 0 spiro atoms. The molecule has 4 nitrogen and oxygen atoms in total. The van der Waals surface area contributed by atoms with Crippen LogP contribution in [0.3, 0.4) is 0 Å². The van der Waals surface area contributed by atoms with Gasteiger partial charge in [-0.05, 0) is 36.4 Å². The van der Waals surface area contributed by atoms with Crippen LogP contribution in [0.4, 0.5) is 20.3 Å². The second-order valence-electron chi connectivity index (χ2n) is 6.54. The fourth-order valence-corrected chi connectivity index (χ4v) is 3.29. The first-order valence-electron chi connectivity index (χ1n) is 9.02. The summed E-state index contributed by atoms with van der Waals surface area (Å²) in [6.45, 7) is 0. The number of hydrogen-bond donors (Lipinski definition) is 1. The summed E-state index contributed by atoms with van der Waals surface area (Å²) in [6.07, 6.45) is 1.72. The molecule has 0 radical (unpaired) electrons. The Morgan fingerprint density at radius 1 is 0.690 bits per heavy atom. The van der Waals surface area contributed by atoms with E-state index in [0.717, 1.165) is 39.5 Å². The lowest BCUT2D eigenvalue weighted by atomic mass is 10.1. The first kappa shape index (κ1) is 17.2. The lowest BCUT2D eigenvalue weighted by Gasteiger charge is -2.12. The van der Waals surface area contributed by atoms with Gasteiger partial charge in [0.1, 0.15) is 5.82 Å². The highest BCUT2D eigenvalue weighted by atomic mass is 19.2. The van der Waals surface area contributed by atoms with Gasteiger partial charge < -0.3 is 5.32 Å². The van der Waals surface area contributed by atoms with Crippen molar-refractivity contribution < 1.29 is 8.78 Å². The third-order valence-electron chi connectivity index (χ3n) is 4.68. The smallest absolute Gasteiger partial charge is 0.162 e. The molecule has 5 aromatic rings. The Hall–Kier alpha value is -3.93. The van der Waals surface area contributed by atoms with Crippen LogP contribution in [0, 0.1) is 11.6 Å². The molecule has 0 aliphatic carbocycles. The van der Waals surface area contributed by atoms with Crippen molar-refractivity contribution in [2.24, 2.45) is 0 Å². The Bertz CT molecular complexity index is 1360. The molecule has 6 heteroatoms. The van der Waals surface area contributed by atoms with Gasteiger partial charge in [0.05, 0.1) is 11.0 Å². The quantitative estimate of drug-likeness (QED) is 0.423. The van der Waals surface area contributed by atoms with Gasteiger partial charge in [-0.25, -0.2) is 18.7 Å². The normalized spacial score (nSPS) is 11.1. The van der Waals surface area contributed by atoms with E-state index in [1.54, 1.807) is 6.20 Å². The van der Waals surface area contributed by atoms with E-state index in [1.165, 1.54) is 6.07 Å².